The summed E-state index contributed by atoms with van der Waals surface area (Å²) < 4.78 is 6.07. The molecule has 1 rings (SSSR count). The number of benzene rings is 1. The van der Waals surface area contributed by atoms with E-state index in [0.717, 1.165) is 36.5 Å². The van der Waals surface area contributed by atoms with Crippen molar-refractivity contribution < 1.29 is 9.22 Å². The van der Waals surface area contributed by atoms with Crippen molar-refractivity contribution in [1.29, 1.82) is 0 Å². The normalized spacial score (nSPS) is 13.3. The zero-order chi connectivity index (χ0) is 13.6. The van der Waals surface area contributed by atoms with Crippen LogP contribution in [0.3, 0.4) is 0 Å². The van der Waals surface area contributed by atoms with E-state index in [2.05, 4.69) is 26.8 Å². The van der Waals surface area contributed by atoms with Crippen LogP contribution < -0.4 is 5.19 Å². The number of aldehydes is 1. The minimum Gasteiger partial charge on any atom is -0.415 e. The van der Waals surface area contributed by atoms with Crippen molar-refractivity contribution in [1.82, 2.24) is 0 Å². The number of hydrogen-bond donors (Lipinski definition) is 0. The Morgan fingerprint density at radius 3 is 2.50 bits per heavy atom. The Morgan fingerprint density at radius 1 is 1.28 bits per heavy atom. The van der Waals surface area contributed by atoms with E-state index >= 15 is 0 Å². The van der Waals surface area contributed by atoms with Gasteiger partial charge < -0.3 is 4.43 Å². The van der Waals surface area contributed by atoms with Crippen molar-refractivity contribution in [2.24, 2.45) is 0 Å². The van der Waals surface area contributed by atoms with Gasteiger partial charge in [-0.15, -0.1) is 0 Å². The molecule has 0 spiro atoms. The summed E-state index contributed by atoms with van der Waals surface area (Å²) in [6.45, 7) is 9.49. The third-order valence-corrected chi connectivity index (χ3v) is 6.81. The van der Waals surface area contributed by atoms with Crippen molar-refractivity contribution in [3.63, 3.8) is 0 Å². The maximum Gasteiger partial charge on any atom is 0.214 e. The van der Waals surface area contributed by atoms with Crippen LogP contribution in [0.15, 0.2) is 24.3 Å². The summed E-state index contributed by atoms with van der Waals surface area (Å²) in [6, 6.07) is 7.87. The van der Waals surface area contributed by atoms with Crippen LogP contribution in [-0.4, -0.2) is 21.9 Å². The number of carbonyl (C=O) groups excluding carboxylic acids is 1. The second kappa shape index (κ2) is 6.85. The molecule has 1 aromatic carbocycles. The van der Waals surface area contributed by atoms with Gasteiger partial charge in [0, 0.05) is 12.2 Å². The van der Waals surface area contributed by atoms with Crippen molar-refractivity contribution in [3.05, 3.63) is 29.8 Å². The lowest BCUT2D eigenvalue weighted by Gasteiger charge is -2.33. The molecule has 1 atom stereocenters. The maximum atomic E-state index is 11.2. The average molecular weight is 264 g/mol. The van der Waals surface area contributed by atoms with Crippen LogP contribution in [0.4, 0.5) is 0 Å². The summed E-state index contributed by atoms with van der Waals surface area (Å²) in [4.78, 5) is 11.2. The molecule has 0 heterocycles. The molecule has 0 amide bonds. The highest BCUT2D eigenvalue weighted by atomic mass is 28.3. The van der Waals surface area contributed by atoms with Gasteiger partial charge in [-0.25, -0.2) is 0 Å². The molecule has 0 radical (unpaired) electrons. The molecule has 0 aliphatic rings. The maximum absolute atomic E-state index is 11.2. The van der Waals surface area contributed by atoms with E-state index in [1.54, 1.807) is 0 Å². The molecule has 0 saturated carbocycles. The number of rotatable bonds is 7. The first-order chi connectivity index (χ1) is 8.56. The molecular formula is C15H24O2Si. The van der Waals surface area contributed by atoms with Crippen LogP contribution in [0.1, 0.15) is 50.9 Å². The van der Waals surface area contributed by atoms with Crippen LogP contribution in [0.25, 0.3) is 0 Å². The third-order valence-electron chi connectivity index (χ3n) is 3.34. The predicted octanol–water partition coefficient (Wildman–Crippen LogP) is 3.05. The van der Waals surface area contributed by atoms with Gasteiger partial charge in [-0.05, 0) is 23.6 Å². The minimum atomic E-state index is -1.61. The molecule has 2 nitrogen and oxygen atoms in total. The highest BCUT2D eigenvalue weighted by Crippen LogP contribution is 2.34. The molecule has 0 aliphatic heterocycles. The van der Waals surface area contributed by atoms with Gasteiger partial charge in [0.25, 0.3) is 0 Å². The van der Waals surface area contributed by atoms with Crippen LogP contribution in [-0.2, 0) is 4.43 Å². The average Bonchev–Trinajstić information content (AvgIpc) is 2.35. The van der Waals surface area contributed by atoms with Gasteiger partial charge in [-0.3, -0.25) is 4.79 Å². The summed E-state index contributed by atoms with van der Waals surface area (Å²) in [6.07, 6.45) is 3.24. The summed E-state index contributed by atoms with van der Waals surface area (Å²) >= 11 is 0. The Hall–Kier alpha value is -0.933. The van der Waals surface area contributed by atoms with Gasteiger partial charge >= 0.3 is 0 Å². The molecular weight excluding hydrogens is 240 g/mol. The molecule has 0 aliphatic carbocycles. The zero-order valence-corrected chi connectivity index (χ0v) is 13.1. The lowest BCUT2D eigenvalue weighted by molar-refractivity contribution is 0.112. The highest BCUT2D eigenvalue weighted by molar-refractivity contribution is 6.71. The van der Waals surface area contributed by atoms with Crippen molar-refractivity contribution >= 4 is 20.5 Å². The van der Waals surface area contributed by atoms with Gasteiger partial charge in [0.15, 0.2) is 0 Å². The second-order valence-electron chi connectivity index (χ2n) is 5.32. The Kier molecular flexibility index (Phi) is 5.76. The minimum absolute atomic E-state index is 0.171. The summed E-state index contributed by atoms with van der Waals surface area (Å²) in [5.74, 6) is 0. The van der Waals surface area contributed by atoms with E-state index in [-0.39, 0.29) is 5.04 Å². The van der Waals surface area contributed by atoms with E-state index in [4.69, 9.17) is 4.43 Å². The third kappa shape index (κ3) is 3.53. The Balaban J connectivity index is 3.14. The van der Waals surface area contributed by atoms with Crippen LogP contribution in [0.2, 0.25) is 5.04 Å². The fourth-order valence-corrected chi connectivity index (χ4v) is 5.65. The first kappa shape index (κ1) is 15.1. The van der Waals surface area contributed by atoms with Gasteiger partial charge in [-0.2, -0.15) is 0 Å². The van der Waals surface area contributed by atoms with E-state index < -0.39 is 9.04 Å². The van der Waals surface area contributed by atoms with Crippen LogP contribution in [0.5, 0.6) is 0 Å². The SMILES string of the molecule is CCCC(C)(C)[SiH](OCC)c1ccccc1C=O. The van der Waals surface area contributed by atoms with E-state index in [1.165, 1.54) is 0 Å². The molecule has 100 valence electrons. The van der Waals surface area contributed by atoms with Gasteiger partial charge in [0.05, 0.1) is 0 Å². The topological polar surface area (TPSA) is 26.3 Å². The lowest BCUT2D eigenvalue weighted by Crippen LogP contribution is -2.44. The highest BCUT2D eigenvalue weighted by Gasteiger charge is 2.34. The molecule has 0 N–H and O–H groups in total. The molecule has 0 bridgehead atoms. The fraction of sp³-hybridized carbons (Fsp3) is 0.533. The van der Waals surface area contributed by atoms with Crippen molar-refractivity contribution in [2.45, 2.75) is 45.6 Å². The van der Waals surface area contributed by atoms with E-state index in [9.17, 15) is 4.79 Å². The first-order valence-electron chi connectivity index (χ1n) is 6.72. The van der Waals surface area contributed by atoms with Gasteiger partial charge in [0.2, 0.25) is 9.04 Å². The molecule has 1 aromatic rings. The largest absolute Gasteiger partial charge is 0.415 e. The van der Waals surface area contributed by atoms with Crippen molar-refractivity contribution in [2.75, 3.05) is 6.61 Å². The predicted molar refractivity (Wildman–Crippen MR) is 79.2 cm³/mol. The molecule has 1 unspecified atom stereocenters. The van der Waals surface area contributed by atoms with Gasteiger partial charge in [-0.1, -0.05) is 51.5 Å². The molecule has 3 heteroatoms. The standard InChI is InChI=1S/C15H24O2Si/c1-5-11-15(3,4)18(17-6-2)14-10-8-7-9-13(14)12-16/h7-10,12,18H,5-6,11H2,1-4H3. The first-order valence-corrected chi connectivity index (χ1v) is 8.35. The summed E-state index contributed by atoms with van der Waals surface area (Å²) in [5.41, 5.74) is 0.798. The molecule has 0 fully saturated rings. The summed E-state index contributed by atoms with van der Waals surface area (Å²) in [5, 5.41) is 1.32. The summed E-state index contributed by atoms with van der Waals surface area (Å²) in [7, 11) is -1.61. The van der Waals surface area contributed by atoms with Gasteiger partial charge in [0.1, 0.15) is 6.29 Å². The number of carbonyl (C=O) groups is 1. The Bertz CT molecular complexity index is 388. The lowest BCUT2D eigenvalue weighted by atomic mass is 10.1. The molecule has 0 saturated heterocycles. The molecule has 0 aromatic heterocycles. The Labute approximate surface area is 112 Å². The smallest absolute Gasteiger partial charge is 0.214 e. The van der Waals surface area contributed by atoms with E-state index in [1.807, 2.05) is 25.1 Å². The quantitative estimate of drug-likeness (QED) is 0.559. The van der Waals surface area contributed by atoms with Crippen LogP contribution in [0, 0.1) is 0 Å². The van der Waals surface area contributed by atoms with E-state index in [0.29, 0.717) is 0 Å². The monoisotopic (exact) mass is 264 g/mol. The van der Waals surface area contributed by atoms with Crippen molar-refractivity contribution in [3.8, 4) is 0 Å². The fourth-order valence-electron chi connectivity index (χ4n) is 2.54. The number of hydrogen-bond acceptors (Lipinski definition) is 2. The zero-order valence-electron chi connectivity index (χ0n) is 11.9. The second-order valence-corrected chi connectivity index (χ2v) is 8.60. The molecule has 18 heavy (non-hydrogen) atoms. The Morgan fingerprint density at radius 2 is 1.94 bits per heavy atom. The van der Waals surface area contributed by atoms with Crippen LogP contribution >= 0.6 is 0 Å².